The highest BCUT2D eigenvalue weighted by Crippen LogP contribution is 2.39. The van der Waals surface area contributed by atoms with E-state index in [1.54, 1.807) is 37.4 Å². The lowest BCUT2D eigenvalue weighted by atomic mass is 10.1. The summed E-state index contributed by atoms with van der Waals surface area (Å²) >= 11 is 5.97. The van der Waals surface area contributed by atoms with Gasteiger partial charge in [0.05, 0.1) is 38.0 Å². The number of ether oxygens (including phenoxy) is 3. The van der Waals surface area contributed by atoms with E-state index in [1.165, 1.54) is 30.7 Å². The van der Waals surface area contributed by atoms with Crippen molar-refractivity contribution in [2.24, 2.45) is 0 Å². The highest BCUT2D eigenvalue weighted by atomic mass is 35.5. The molecule has 1 atom stereocenters. The summed E-state index contributed by atoms with van der Waals surface area (Å²) in [5, 5.41) is 0.456. The van der Waals surface area contributed by atoms with Crippen LogP contribution in [0.2, 0.25) is 5.02 Å². The Hall–Kier alpha value is -2.90. The van der Waals surface area contributed by atoms with Crippen LogP contribution in [0.15, 0.2) is 71.6 Å². The molecule has 0 N–H and O–H groups in total. The fraction of sp³-hybridized carbons (Fsp3) is 0.217. The minimum atomic E-state index is -3.94. The van der Waals surface area contributed by atoms with Gasteiger partial charge in [-0.1, -0.05) is 23.7 Å². The molecule has 8 heteroatoms. The van der Waals surface area contributed by atoms with Gasteiger partial charge in [0, 0.05) is 11.1 Å². The maximum absolute atomic E-state index is 13.7. The Kier molecular flexibility index (Phi) is 6.97. The minimum absolute atomic E-state index is 0.126. The number of hydrogen-bond donors (Lipinski definition) is 0. The van der Waals surface area contributed by atoms with Crippen LogP contribution in [-0.4, -0.2) is 29.7 Å². The molecular weight excluding hydrogens is 438 g/mol. The molecule has 0 aliphatic heterocycles. The van der Waals surface area contributed by atoms with E-state index in [2.05, 4.69) is 0 Å². The normalized spacial score (nSPS) is 12.2. The van der Waals surface area contributed by atoms with Crippen LogP contribution in [0.4, 0.5) is 5.69 Å². The molecule has 0 spiro atoms. The van der Waals surface area contributed by atoms with Gasteiger partial charge in [-0.25, -0.2) is 8.42 Å². The first-order valence-corrected chi connectivity index (χ1v) is 11.3. The summed E-state index contributed by atoms with van der Waals surface area (Å²) in [6.07, 6.45) is 0. The third kappa shape index (κ3) is 4.73. The van der Waals surface area contributed by atoms with E-state index in [1.807, 2.05) is 31.2 Å². The van der Waals surface area contributed by atoms with E-state index in [4.69, 9.17) is 25.8 Å². The molecule has 164 valence electrons. The number of benzene rings is 3. The number of nitrogens with zero attached hydrogens (tertiary/aromatic N) is 1. The van der Waals surface area contributed by atoms with Crippen molar-refractivity contribution >= 4 is 27.3 Å². The Morgan fingerprint density at radius 2 is 1.52 bits per heavy atom. The zero-order valence-corrected chi connectivity index (χ0v) is 19.3. The molecule has 0 heterocycles. The summed E-state index contributed by atoms with van der Waals surface area (Å²) in [7, 11) is 0.656. The molecule has 6 nitrogen and oxygen atoms in total. The lowest BCUT2D eigenvalue weighted by Crippen LogP contribution is -2.33. The Morgan fingerprint density at radius 3 is 2.13 bits per heavy atom. The number of anilines is 1. The van der Waals surface area contributed by atoms with E-state index >= 15 is 0 Å². The van der Waals surface area contributed by atoms with Gasteiger partial charge in [-0.15, -0.1) is 0 Å². The summed E-state index contributed by atoms with van der Waals surface area (Å²) in [5.41, 5.74) is 1.20. The average molecular weight is 462 g/mol. The van der Waals surface area contributed by atoms with Crippen LogP contribution < -0.4 is 18.5 Å². The van der Waals surface area contributed by atoms with Crippen LogP contribution >= 0.6 is 11.6 Å². The quantitative estimate of drug-likeness (QED) is 0.454. The van der Waals surface area contributed by atoms with E-state index < -0.39 is 16.1 Å². The molecule has 0 amide bonds. The summed E-state index contributed by atoms with van der Waals surface area (Å²) in [5.74, 6) is 1.57. The van der Waals surface area contributed by atoms with Gasteiger partial charge >= 0.3 is 0 Å². The van der Waals surface area contributed by atoms with Crippen molar-refractivity contribution < 1.29 is 22.6 Å². The number of sulfonamides is 1. The SMILES string of the molecule is COc1cccc(C(C)N(c2ccc(OC)c(OC)c2)S(=O)(=O)c2ccc(Cl)cc2)c1. The largest absolute Gasteiger partial charge is 0.497 e. The van der Waals surface area contributed by atoms with Crippen LogP contribution in [0.1, 0.15) is 18.5 Å². The molecule has 0 radical (unpaired) electrons. The second-order valence-corrected chi connectivity index (χ2v) is 9.00. The van der Waals surface area contributed by atoms with Crippen LogP contribution in [0, 0.1) is 0 Å². The summed E-state index contributed by atoms with van der Waals surface area (Å²) in [6, 6.07) is 17.9. The molecule has 31 heavy (non-hydrogen) atoms. The molecule has 3 rings (SSSR count). The predicted octanol–water partition coefficient (Wildman–Crippen LogP) is 5.32. The summed E-state index contributed by atoms with van der Waals surface area (Å²) < 4.78 is 44.9. The summed E-state index contributed by atoms with van der Waals surface area (Å²) in [4.78, 5) is 0.126. The third-order valence-electron chi connectivity index (χ3n) is 4.92. The van der Waals surface area contributed by atoms with Gasteiger partial charge in [0.1, 0.15) is 5.75 Å². The lowest BCUT2D eigenvalue weighted by molar-refractivity contribution is 0.355. The highest BCUT2D eigenvalue weighted by molar-refractivity contribution is 7.92. The maximum Gasteiger partial charge on any atom is 0.264 e. The molecule has 0 saturated heterocycles. The van der Waals surface area contributed by atoms with Gasteiger partial charge < -0.3 is 14.2 Å². The van der Waals surface area contributed by atoms with E-state index in [0.29, 0.717) is 28.0 Å². The first kappa shape index (κ1) is 22.8. The smallest absolute Gasteiger partial charge is 0.264 e. The fourth-order valence-corrected chi connectivity index (χ4v) is 5.05. The van der Waals surface area contributed by atoms with Crippen molar-refractivity contribution in [2.75, 3.05) is 25.6 Å². The van der Waals surface area contributed by atoms with Crippen molar-refractivity contribution in [3.05, 3.63) is 77.3 Å². The van der Waals surface area contributed by atoms with E-state index in [0.717, 1.165) is 5.56 Å². The number of hydrogen-bond acceptors (Lipinski definition) is 5. The molecule has 0 aliphatic carbocycles. The van der Waals surface area contributed by atoms with Gasteiger partial charge in [0.25, 0.3) is 10.0 Å². The maximum atomic E-state index is 13.7. The van der Waals surface area contributed by atoms with Gasteiger partial charge in [-0.05, 0) is 61.0 Å². The van der Waals surface area contributed by atoms with Crippen LogP contribution in [-0.2, 0) is 10.0 Å². The molecular formula is C23H24ClNO5S. The topological polar surface area (TPSA) is 65.1 Å². The van der Waals surface area contributed by atoms with Crippen molar-refractivity contribution in [1.82, 2.24) is 0 Å². The molecule has 0 aliphatic rings. The molecule has 0 aromatic heterocycles. The first-order valence-electron chi connectivity index (χ1n) is 9.47. The van der Waals surface area contributed by atoms with Crippen LogP contribution in [0.5, 0.6) is 17.2 Å². The zero-order chi connectivity index (χ0) is 22.6. The molecule has 1 unspecified atom stereocenters. The molecule has 0 bridgehead atoms. The fourth-order valence-electron chi connectivity index (χ4n) is 3.29. The second-order valence-electron chi connectivity index (χ2n) is 6.75. The van der Waals surface area contributed by atoms with E-state index in [-0.39, 0.29) is 4.90 Å². The average Bonchev–Trinajstić information content (AvgIpc) is 2.79. The van der Waals surface area contributed by atoms with Crippen LogP contribution in [0.25, 0.3) is 0 Å². The molecule has 3 aromatic rings. The van der Waals surface area contributed by atoms with Gasteiger partial charge in [-0.2, -0.15) is 0 Å². The number of halogens is 1. The standard InChI is InChI=1S/C23H24ClNO5S/c1-16(17-6-5-7-20(14-17)28-2)25(19-10-13-22(29-3)23(15-19)30-4)31(26,27)21-11-8-18(24)9-12-21/h5-16H,1-4H3. The number of rotatable bonds is 8. The lowest BCUT2D eigenvalue weighted by Gasteiger charge is -2.31. The minimum Gasteiger partial charge on any atom is -0.497 e. The molecule has 0 saturated carbocycles. The van der Waals surface area contributed by atoms with Crippen molar-refractivity contribution in [3.63, 3.8) is 0 Å². The second kappa shape index (κ2) is 9.49. The Balaban J connectivity index is 2.19. The van der Waals surface area contributed by atoms with Crippen molar-refractivity contribution in [1.29, 1.82) is 0 Å². The molecule has 0 fully saturated rings. The number of methoxy groups -OCH3 is 3. The predicted molar refractivity (Wildman–Crippen MR) is 122 cm³/mol. The Bertz CT molecular complexity index is 1150. The van der Waals surface area contributed by atoms with Gasteiger partial charge in [0.2, 0.25) is 0 Å². The van der Waals surface area contributed by atoms with Crippen molar-refractivity contribution in [3.8, 4) is 17.2 Å². The highest BCUT2D eigenvalue weighted by Gasteiger charge is 2.31. The Labute approximate surface area is 188 Å². The zero-order valence-electron chi connectivity index (χ0n) is 17.7. The van der Waals surface area contributed by atoms with Crippen LogP contribution in [0.3, 0.4) is 0 Å². The Morgan fingerprint density at radius 1 is 0.839 bits per heavy atom. The third-order valence-corrected chi connectivity index (χ3v) is 7.08. The molecule has 3 aromatic carbocycles. The monoisotopic (exact) mass is 461 g/mol. The van der Waals surface area contributed by atoms with E-state index in [9.17, 15) is 8.42 Å². The summed E-state index contributed by atoms with van der Waals surface area (Å²) in [6.45, 7) is 1.82. The first-order chi connectivity index (χ1) is 14.8. The van der Waals surface area contributed by atoms with Gasteiger partial charge in [0.15, 0.2) is 11.5 Å². The van der Waals surface area contributed by atoms with Gasteiger partial charge in [-0.3, -0.25) is 4.31 Å². The van der Waals surface area contributed by atoms with Crippen molar-refractivity contribution in [2.45, 2.75) is 17.9 Å².